The second-order valence-electron chi connectivity index (χ2n) is 5.88. The van der Waals surface area contributed by atoms with Gasteiger partial charge >= 0.3 is 6.03 Å². The smallest absolute Gasteiger partial charge is 0.315 e. The Balaban J connectivity index is 1.95. The summed E-state index contributed by atoms with van der Waals surface area (Å²) in [6.45, 7) is 0.448. The maximum atomic E-state index is 12.3. The molecule has 1 aliphatic carbocycles. The fraction of sp³-hybridized carbons (Fsp3) is 0.529. The maximum Gasteiger partial charge on any atom is 0.315 e. The molecule has 5 nitrogen and oxygen atoms in total. The number of likely N-dealkylation sites (N-methyl/N-ethyl adjacent to an activating group) is 1. The van der Waals surface area contributed by atoms with Gasteiger partial charge in [0.25, 0.3) is 0 Å². The zero-order valence-electron chi connectivity index (χ0n) is 13.8. The number of carbonyl (C=O) groups is 2. The normalized spacial score (nSPS) is 16.4. The van der Waals surface area contributed by atoms with E-state index in [4.69, 9.17) is 0 Å². The summed E-state index contributed by atoms with van der Waals surface area (Å²) in [6.07, 6.45) is 6.45. The first-order chi connectivity index (χ1) is 11.1. The minimum absolute atomic E-state index is 0.100. The highest BCUT2D eigenvalue weighted by Crippen LogP contribution is 2.28. The van der Waals surface area contributed by atoms with Gasteiger partial charge in [-0.15, -0.1) is 11.8 Å². The molecule has 1 aromatic rings. The van der Waals surface area contributed by atoms with Crippen LogP contribution >= 0.6 is 11.8 Å². The van der Waals surface area contributed by atoms with Gasteiger partial charge in [-0.25, -0.2) is 4.79 Å². The van der Waals surface area contributed by atoms with Gasteiger partial charge in [-0.05, 0) is 36.8 Å². The third-order valence-electron chi connectivity index (χ3n) is 4.31. The monoisotopic (exact) mass is 335 g/mol. The summed E-state index contributed by atoms with van der Waals surface area (Å²) in [4.78, 5) is 25.6. The molecule has 6 heteroatoms. The lowest BCUT2D eigenvalue weighted by molar-refractivity contribution is -0.128. The second-order valence-corrected chi connectivity index (χ2v) is 6.76. The van der Waals surface area contributed by atoms with Crippen molar-refractivity contribution in [2.75, 3.05) is 13.3 Å². The minimum atomic E-state index is -0.766. The number of amides is 3. The largest absolute Gasteiger partial charge is 0.357 e. The van der Waals surface area contributed by atoms with Gasteiger partial charge in [-0.3, -0.25) is 4.79 Å². The molecule has 0 aliphatic heterocycles. The highest BCUT2D eigenvalue weighted by molar-refractivity contribution is 7.98. The maximum absolute atomic E-state index is 12.3. The molecule has 23 heavy (non-hydrogen) atoms. The number of thioether (sulfide) groups is 1. The van der Waals surface area contributed by atoms with Crippen molar-refractivity contribution in [1.29, 1.82) is 0 Å². The van der Waals surface area contributed by atoms with Gasteiger partial charge in [-0.2, -0.15) is 0 Å². The SMILES string of the molecule is CNC(=O)C1(NC(=O)NCc2cccc(SC)c2)CCCCC1. The molecule has 0 spiro atoms. The predicted molar refractivity (Wildman–Crippen MR) is 93.5 cm³/mol. The van der Waals surface area contributed by atoms with Crippen LogP contribution in [0.1, 0.15) is 37.7 Å². The highest BCUT2D eigenvalue weighted by Gasteiger charge is 2.40. The molecule has 1 aliphatic rings. The number of benzene rings is 1. The second kappa shape index (κ2) is 8.24. The average Bonchev–Trinajstić information content (AvgIpc) is 2.60. The lowest BCUT2D eigenvalue weighted by Crippen LogP contribution is -2.60. The summed E-state index contributed by atoms with van der Waals surface area (Å²) < 4.78 is 0. The van der Waals surface area contributed by atoms with Crippen molar-refractivity contribution in [2.45, 2.75) is 49.1 Å². The number of hydrogen-bond donors (Lipinski definition) is 3. The Morgan fingerprint density at radius 3 is 2.61 bits per heavy atom. The third-order valence-corrected chi connectivity index (χ3v) is 5.03. The molecule has 0 aromatic heterocycles. The predicted octanol–water partition coefficient (Wildman–Crippen LogP) is 2.66. The van der Waals surface area contributed by atoms with Gasteiger partial charge in [0.2, 0.25) is 5.91 Å². The molecule has 126 valence electrons. The molecule has 1 fully saturated rings. The van der Waals surface area contributed by atoms with Crippen LogP contribution in [0.4, 0.5) is 4.79 Å². The van der Waals surface area contributed by atoms with E-state index in [1.54, 1.807) is 18.8 Å². The molecule has 3 N–H and O–H groups in total. The molecule has 0 unspecified atom stereocenters. The van der Waals surface area contributed by atoms with Gasteiger partial charge in [0.15, 0.2) is 0 Å². The van der Waals surface area contributed by atoms with Crippen LogP contribution in [0.2, 0.25) is 0 Å². The van der Waals surface area contributed by atoms with Crippen molar-refractivity contribution >= 4 is 23.7 Å². The van der Waals surface area contributed by atoms with Crippen molar-refractivity contribution in [3.8, 4) is 0 Å². The Labute approximate surface area is 142 Å². The van der Waals surface area contributed by atoms with Crippen LogP contribution in [0.25, 0.3) is 0 Å². The molecular formula is C17H25N3O2S. The first kappa shape index (κ1) is 17.7. The summed E-state index contributed by atoms with van der Waals surface area (Å²) >= 11 is 1.67. The molecule has 2 rings (SSSR count). The highest BCUT2D eigenvalue weighted by atomic mass is 32.2. The lowest BCUT2D eigenvalue weighted by atomic mass is 9.81. The first-order valence-corrected chi connectivity index (χ1v) is 9.23. The van der Waals surface area contributed by atoms with Crippen LogP contribution in [0.3, 0.4) is 0 Å². The average molecular weight is 335 g/mol. The zero-order chi connectivity index (χ0) is 16.7. The molecule has 0 heterocycles. The van der Waals surface area contributed by atoms with E-state index in [-0.39, 0.29) is 11.9 Å². The van der Waals surface area contributed by atoms with E-state index < -0.39 is 5.54 Å². The number of carbonyl (C=O) groups excluding carboxylic acids is 2. The fourth-order valence-electron chi connectivity index (χ4n) is 3.03. The zero-order valence-corrected chi connectivity index (χ0v) is 14.6. The molecule has 1 aromatic carbocycles. The van der Waals surface area contributed by atoms with Crippen molar-refractivity contribution in [1.82, 2.24) is 16.0 Å². The van der Waals surface area contributed by atoms with E-state index in [2.05, 4.69) is 22.0 Å². The van der Waals surface area contributed by atoms with E-state index in [0.717, 1.165) is 24.8 Å². The Morgan fingerprint density at radius 2 is 1.96 bits per heavy atom. The number of rotatable bonds is 5. The number of urea groups is 1. The Morgan fingerprint density at radius 1 is 1.22 bits per heavy atom. The van der Waals surface area contributed by atoms with Crippen molar-refractivity contribution in [3.63, 3.8) is 0 Å². The minimum Gasteiger partial charge on any atom is -0.357 e. The van der Waals surface area contributed by atoms with Crippen LogP contribution in [0, 0.1) is 0 Å². The quantitative estimate of drug-likeness (QED) is 0.725. The van der Waals surface area contributed by atoms with Gasteiger partial charge in [0.1, 0.15) is 5.54 Å². The Bertz CT molecular complexity index is 557. The van der Waals surface area contributed by atoms with Crippen LogP contribution in [-0.4, -0.2) is 30.8 Å². The molecule has 1 saturated carbocycles. The van der Waals surface area contributed by atoms with E-state index in [9.17, 15) is 9.59 Å². The number of hydrogen-bond acceptors (Lipinski definition) is 3. The van der Waals surface area contributed by atoms with E-state index in [0.29, 0.717) is 19.4 Å². The molecule has 3 amide bonds. The molecular weight excluding hydrogens is 310 g/mol. The standard InChI is InChI=1S/C17H25N3O2S/c1-18-15(21)17(9-4-3-5-10-17)20-16(22)19-12-13-7-6-8-14(11-13)23-2/h6-8,11H,3-5,9-10,12H2,1-2H3,(H,18,21)(H2,19,20,22). The van der Waals surface area contributed by atoms with Crippen LogP contribution < -0.4 is 16.0 Å². The summed E-state index contributed by atoms with van der Waals surface area (Å²) in [5, 5.41) is 8.46. The van der Waals surface area contributed by atoms with Gasteiger partial charge in [0, 0.05) is 18.5 Å². The molecule has 0 saturated heterocycles. The van der Waals surface area contributed by atoms with Crippen LogP contribution in [0.15, 0.2) is 29.2 Å². The lowest BCUT2D eigenvalue weighted by Gasteiger charge is -2.36. The van der Waals surface area contributed by atoms with Crippen molar-refractivity contribution in [3.05, 3.63) is 29.8 Å². The van der Waals surface area contributed by atoms with Gasteiger partial charge in [-0.1, -0.05) is 31.4 Å². The summed E-state index contributed by atoms with van der Waals surface area (Å²) in [5.74, 6) is -0.100. The van der Waals surface area contributed by atoms with Crippen LogP contribution in [-0.2, 0) is 11.3 Å². The van der Waals surface area contributed by atoms with E-state index in [1.807, 2.05) is 24.5 Å². The summed E-state index contributed by atoms with van der Waals surface area (Å²) in [7, 11) is 1.62. The summed E-state index contributed by atoms with van der Waals surface area (Å²) in [5.41, 5.74) is 0.280. The number of nitrogens with one attached hydrogen (secondary N) is 3. The van der Waals surface area contributed by atoms with Crippen LogP contribution in [0.5, 0.6) is 0 Å². The topological polar surface area (TPSA) is 70.2 Å². The molecule has 0 bridgehead atoms. The van der Waals surface area contributed by atoms with Crippen molar-refractivity contribution < 1.29 is 9.59 Å². The van der Waals surface area contributed by atoms with Gasteiger partial charge < -0.3 is 16.0 Å². The Kier molecular flexibility index (Phi) is 6.33. The van der Waals surface area contributed by atoms with Crippen molar-refractivity contribution in [2.24, 2.45) is 0 Å². The Hall–Kier alpha value is -1.69. The molecule has 0 atom stereocenters. The summed E-state index contributed by atoms with van der Waals surface area (Å²) in [6, 6.07) is 7.77. The van der Waals surface area contributed by atoms with E-state index in [1.165, 1.54) is 4.90 Å². The third kappa shape index (κ3) is 4.64. The van der Waals surface area contributed by atoms with E-state index >= 15 is 0 Å². The molecule has 0 radical (unpaired) electrons. The fourth-order valence-corrected chi connectivity index (χ4v) is 3.51. The van der Waals surface area contributed by atoms with Gasteiger partial charge in [0.05, 0.1) is 0 Å². The first-order valence-electron chi connectivity index (χ1n) is 8.01.